The summed E-state index contributed by atoms with van der Waals surface area (Å²) >= 11 is 1.51. The minimum atomic E-state index is 0.744. The first-order valence-electron chi connectivity index (χ1n) is 6.13. The fraction of sp³-hybridized carbons (Fsp3) is 0.462. The third kappa shape index (κ3) is 2.42. The zero-order valence-electron chi connectivity index (χ0n) is 9.76. The fourth-order valence-corrected chi connectivity index (χ4v) is 2.97. The average Bonchev–Trinajstić information content (AvgIpc) is 2.99. The number of hydrogen-bond donors (Lipinski definition) is 0. The molecule has 2 aromatic rings. The van der Waals surface area contributed by atoms with Crippen molar-refractivity contribution in [2.24, 2.45) is 0 Å². The van der Waals surface area contributed by atoms with Crippen LogP contribution in [-0.4, -0.2) is 35.5 Å². The highest BCUT2D eigenvalue weighted by Crippen LogP contribution is 2.27. The summed E-state index contributed by atoms with van der Waals surface area (Å²) in [6.45, 7) is 4.21. The van der Waals surface area contributed by atoms with Crippen LogP contribution in [0.15, 0.2) is 24.3 Å². The van der Waals surface area contributed by atoms with E-state index in [2.05, 4.69) is 21.4 Å². The van der Waals surface area contributed by atoms with Crippen LogP contribution in [0.25, 0.3) is 10.1 Å². The first-order valence-corrected chi connectivity index (χ1v) is 6.90. The Hall–Kier alpha value is -1.13. The Balaban J connectivity index is 1.60. The van der Waals surface area contributed by atoms with Crippen LogP contribution in [0.3, 0.4) is 0 Å². The smallest absolute Gasteiger partial charge is 0.233 e. The molecule has 1 aliphatic rings. The highest BCUT2D eigenvalue weighted by Gasteiger charge is 2.12. The Bertz CT molecular complexity index is 491. The van der Waals surface area contributed by atoms with Crippen LogP contribution >= 0.6 is 11.5 Å². The number of likely N-dealkylation sites (tertiary alicyclic amines) is 1. The van der Waals surface area contributed by atoms with Gasteiger partial charge in [-0.1, -0.05) is 12.1 Å². The lowest BCUT2D eigenvalue weighted by molar-refractivity contribution is 0.235. The number of ether oxygens (including phenoxy) is 1. The minimum Gasteiger partial charge on any atom is -0.475 e. The summed E-state index contributed by atoms with van der Waals surface area (Å²) < 4.78 is 11.3. The van der Waals surface area contributed by atoms with E-state index in [1.165, 1.54) is 42.2 Å². The van der Waals surface area contributed by atoms with Gasteiger partial charge in [0, 0.05) is 6.54 Å². The number of rotatable bonds is 4. The number of aromatic nitrogens is 1. The lowest BCUT2D eigenvalue weighted by atomic mass is 10.3. The first-order chi connectivity index (χ1) is 8.43. The number of nitrogens with zero attached hydrogens (tertiary/aromatic N) is 2. The fourth-order valence-electron chi connectivity index (χ4n) is 2.24. The van der Waals surface area contributed by atoms with Gasteiger partial charge >= 0.3 is 0 Å². The molecule has 1 saturated heterocycles. The second-order valence-corrected chi connectivity index (χ2v) is 5.19. The summed E-state index contributed by atoms with van der Waals surface area (Å²) in [7, 11) is 0. The van der Waals surface area contributed by atoms with Crippen molar-refractivity contribution in [1.82, 2.24) is 9.27 Å². The number of hydrogen-bond acceptors (Lipinski definition) is 4. The van der Waals surface area contributed by atoms with Crippen LogP contribution < -0.4 is 4.74 Å². The van der Waals surface area contributed by atoms with E-state index in [1.807, 2.05) is 12.1 Å². The maximum atomic E-state index is 5.78. The predicted octanol–water partition coefficient (Wildman–Crippen LogP) is 2.77. The Morgan fingerprint density at radius 2 is 2.06 bits per heavy atom. The van der Waals surface area contributed by atoms with Gasteiger partial charge in [-0.05, 0) is 49.6 Å². The Kier molecular flexibility index (Phi) is 3.25. The number of benzene rings is 1. The van der Waals surface area contributed by atoms with Crippen molar-refractivity contribution in [1.29, 1.82) is 0 Å². The van der Waals surface area contributed by atoms with Gasteiger partial charge in [0.25, 0.3) is 0 Å². The van der Waals surface area contributed by atoms with Crippen molar-refractivity contribution in [3.05, 3.63) is 24.3 Å². The van der Waals surface area contributed by atoms with Gasteiger partial charge in [-0.2, -0.15) is 4.37 Å². The monoisotopic (exact) mass is 248 g/mol. The van der Waals surface area contributed by atoms with Crippen molar-refractivity contribution in [2.75, 3.05) is 26.2 Å². The molecule has 0 saturated carbocycles. The van der Waals surface area contributed by atoms with E-state index in [1.54, 1.807) is 0 Å². The molecule has 4 heteroatoms. The molecule has 1 aromatic carbocycles. The molecule has 0 atom stereocenters. The van der Waals surface area contributed by atoms with Gasteiger partial charge in [0.15, 0.2) is 0 Å². The van der Waals surface area contributed by atoms with Gasteiger partial charge < -0.3 is 4.74 Å². The van der Waals surface area contributed by atoms with Crippen LogP contribution in [0.1, 0.15) is 12.8 Å². The van der Waals surface area contributed by atoms with E-state index in [-0.39, 0.29) is 0 Å². The molecular formula is C13H16N2OS. The van der Waals surface area contributed by atoms with Crippen molar-refractivity contribution in [3.8, 4) is 5.88 Å². The van der Waals surface area contributed by atoms with E-state index in [0.29, 0.717) is 0 Å². The number of fused-ring (bicyclic) bond motifs is 1. The lowest BCUT2D eigenvalue weighted by Crippen LogP contribution is -2.25. The van der Waals surface area contributed by atoms with Gasteiger partial charge in [0.2, 0.25) is 5.88 Å². The van der Waals surface area contributed by atoms with Gasteiger partial charge in [0.1, 0.15) is 6.61 Å². The maximum Gasteiger partial charge on any atom is 0.233 e. The molecule has 1 aromatic heterocycles. The Morgan fingerprint density at radius 1 is 1.24 bits per heavy atom. The molecule has 0 spiro atoms. The van der Waals surface area contributed by atoms with Crippen LogP contribution in [0, 0.1) is 0 Å². The van der Waals surface area contributed by atoms with Crippen LogP contribution in [0.5, 0.6) is 5.88 Å². The third-order valence-electron chi connectivity index (χ3n) is 3.19. The van der Waals surface area contributed by atoms with E-state index >= 15 is 0 Å². The highest BCUT2D eigenvalue weighted by molar-refractivity contribution is 7.13. The molecule has 17 heavy (non-hydrogen) atoms. The molecule has 3 nitrogen and oxygen atoms in total. The third-order valence-corrected chi connectivity index (χ3v) is 4.00. The zero-order chi connectivity index (χ0) is 11.5. The average molecular weight is 248 g/mol. The van der Waals surface area contributed by atoms with E-state index in [0.717, 1.165) is 24.4 Å². The summed E-state index contributed by atoms with van der Waals surface area (Å²) in [6.07, 6.45) is 2.67. The van der Waals surface area contributed by atoms with Crippen LogP contribution in [0.4, 0.5) is 0 Å². The molecular weight excluding hydrogens is 232 g/mol. The minimum absolute atomic E-state index is 0.744. The molecule has 2 heterocycles. The van der Waals surface area contributed by atoms with Gasteiger partial charge in [-0.15, -0.1) is 0 Å². The molecule has 0 amide bonds. The van der Waals surface area contributed by atoms with E-state index < -0.39 is 0 Å². The van der Waals surface area contributed by atoms with E-state index in [9.17, 15) is 0 Å². The summed E-state index contributed by atoms with van der Waals surface area (Å²) in [4.78, 5) is 2.45. The maximum absolute atomic E-state index is 5.78. The zero-order valence-corrected chi connectivity index (χ0v) is 10.6. The molecule has 0 aliphatic carbocycles. The quantitative estimate of drug-likeness (QED) is 0.832. The summed E-state index contributed by atoms with van der Waals surface area (Å²) in [5.74, 6) is 0.796. The largest absolute Gasteiger partial charge is 0.475 e. The molecule has 3 rings (SSSR count). The van der Waals surface area contributed by atoms with Crippen molar-refractivity contribution < 1.29 is 4.74 Å². The van der Waals surface area contributed by atoms with E-state index in [4.69, 9.17) is 4.74 Å². The van der Waals surface area contributed by atoms with Crippen molar-refractivity contribution in [2.45, 2.75) is 12.8 Å². The Morgan fingerprint density at radius 3 is 2.94 bits per heavy atom. The molecule has 0 radical (unpaired) electrons. The second-order valence-electron chi connectivity index (χ2n) is 4.38. The Labute approximate surface area is 105 Å². The first kappa shape index (κ1) is 11.0. The topological polar surface area (TPSA) is 25.4 Å². The highest BCUT2D eigenvalue weighted by atomic mass is 32.1. The predicted molar refractivity (Wildman–Crippen MR) is 70.8 cm³/mol. The van der Waals surface area contributed by atoms with Crippen LogP contribution in [0.2, 0.25) is 0 Å². The van der Waals surface area contributed by atoms with Gasteiger partial charge in [-0.25, -0.2) is 0 Å². The summed E-state index contributed by atoms with van der Waals surface area (Å²) in [5, 5.41) is 1.14. The van der Waals surface area contributed by atoms with Crippen molar-refractivity contribution >= 4 is 21.6 Å². The molecule has 1 aliphatic heterocycles. The summed E-state index contributed by atoms with van der Waals surface area (Å²) in [6, 6.07) is 8.23. The molecule has 0 N–H and O–H groups in total. The van der Waals surface area contributed by atoms with Gasteiger partial charge in [0.05, 0.1) is 10.1 Å². The molecule has 90 valence electrons. The standard InChI is InChI=1S/C13H16N2OS/c1-2-6-12-11(5-1)13(14-17-12)16-10-9-15-7-3-4-8-15/h1-2,5-6H,3-4,7-10H2. The lowest BCUT2D eigenvalue weighted by Gasteiger charge is -2.13. The van der Waals surface area contributed by atoms with Crippen LogP contribution in [-0.2, 0) is 0 Å². The van der Waals surface area contributed by atoms with Crippen molar-refractivity contribution in [3.63, 3.8) is 0 Å². The molecule has 1 fully saturated rings. The molecule has 0 unspecified atom stereocenters. The SMILES string of the molecule is c1ccc2c(OCCN3CCCC3)nsc2c1. The normalized spacial score (nSPS) is 16.7. The second kappa shape index (κ2) is 5.02. The molecule has 0 bridgehead atoms. The van der Waals surface area contributed by atoms with Gasteiger partial charge in [-0.3, -0.25) is 4.90 Å². The summed E-state index contributed by atoms with van der Waals surface area (Å²) in [5.41, 5.74) is 0.